The highest BCUT2D eigenvalue weighted by atomic mass is 127. The predicted octanol–water partition coefficient (Wildman–Crippen LogP) is 2.47. The Bertz CT molecular complexity index is 535. The van der Waals surface area contributed by atoms with Crippen molar-refractivity contribution in [2.75, 3.05) is 43.4 Å². The molecule has 8 heteroatoms. The first kappa shape index (κ1) is 22.3. The van der Waals surface area contributed by atoms with Gasteiger partial charge in [0.05, 0.1) is 11.5 Å². The highest BCUT2D eigenvalue weighted by Crippen LogP contribution is 2.29. The van der Waals surface area contributed by atoms with E-state index >= 15 is 0 Å². The largest absolute Gasteiger partial charge is 0.356 e. The minimum absolute atomic E-state index is 0. The molecule has 24 heavy (non-hydrogen) atoms. The number of nitrogens with zero attached hydrogens (tertiary/aromatic N) is 2. The molecule has 1 unspecified atom stereocenters. The van der Waals surface area contributed by atoms with E-state index in [0.717, 1.165) is 37.8 Å². The number of rotatable bonds is 4. The SMILES string of the molecule is CC(C)CN=C(NCC1CCS(=O)(=O)C1)N1CCSC(C)(C)C1.I. The number of aliphatic imine (C=N–C) groups is 1. The van der Waals surface area contributed by atoms with Crippen molar-refractivity contribution >= 4 is 51.5 Å². The average molecular weight is 489 g/mol. The van der Waals surface area contributed by atoms with Crippen LogP contribution in [0.4, 0.5) is 0 Å². The number of guanidine groups is 1. The third-order valence-electron chi connectivity index (χ3n) is 4.21. The molecule has 2 fully saturated rings. The molecule has 1 atom stereocenters. The quantitative estimate of drug-likeness (QED) is 0.374. The van der Waals surface area contributed by atoms with Gasteiger partial charge in [0.1, 0.15) is 0 Å². The Hall–Kier alpha value is 0.300. The first-order valence-electron chi connectivity index (χ1n) is 8.54. The fourth-order valence-electron chi connectivity index (χ4n) is 3.00. The van der Waals surface area contributed by atoms with Gasteiger partial charge < -0.3 is 10.2 Å². The Kier molecular flexibility index (Phi) is 8.66. The maximum atomic E-state index is 11.6. The summed E-state index contributed by atoms with van der Waals surface area (Å²) >= 11 is 2.01. The summed E-state index contributed by atoms with van der Waals surface area (Å²) in [6.07, 6.45) is 0.772. The third kappa shape index (κ3) is 7.27. The molecule has 0 radical (unpaired) electrons. The van der Waals surface area contributed by atoms with E-state index in [2.05, 4.69) is 37.9 Å². The number of thioether (sulfide) groups is 1. The Morgan fingerprint density at radius 2 is 2.12 bits per heavy atom. The molecule has 0 saturated carbocycles. The molecule has 2 heterocycles. The van der Waals surface area contributed by atoms with E-state index in [9.17, 15) is 8.42 Å². The van der Waals surface area contributed by atoms with E-state index in [4.69, 9.17) is 4.99 Å². The second-order valence-electron chi connectivity index (χ2n) is 7.74. The summed E-state index contributed by atoms with van der Waals surface area (Å²) in [5.74, 6) is 3.45. The van der Waals surface area contributed by atoms with Gasteiger partial charge in [0.15, 0.2) is 15.8 Å². The van der Waals surface area contributed by atoms with Crippen molar-refractivity contribution in [3.8, 4) is 0 Å². The molecule has 0 aromatic rings. The summed E-state index contributed by atoms with van der Waals surface area (Å²) in [7, 11) is -2.81. The van der Waals surface area contributed by atoms with Crippen LogP contribution in [-0.2, 0) is 9.84 Å². The molecule has 0 aromatic heterocycles. The van der Waals surface area contributed by atoms with Crippen molar-refractivity contribution in [1.29, 1.82) is 0 Å². The Labute approximate surface area is 168 Å². The van der Waals surface area contributed by atoms with Gasteiger partial charge in [-0.2, -0.15) is 11.8 Å². The standard InChI is InChI=1S/C16H31N3O2S2.HI/c1-13(2)9-17-15(19-6-7-22-16(3,4)12-19)18-10-14-5-8-23(20,21)11-14;/h13-14H,5-12H2,1-4H3,(H,17,18);1H. The topological polar surface area (TPSA) is 61.8 Å². The molecule has 2 saturated heterocycles. The smallest absolute Gasteiger partial charge is 0.194 e. The molecule has 2 aliphatic heterocycles. The molecule has 1 N–H and O–H groups in total. The van der Waals surface area contributed by atoms with Crippen LogP contribution < -0.4 is 5.32 Å². The molecule has 2 aliphatic rings. The van der Waals surface area contributed by atoms with Crippen molar-refractivity contribution in [3.63, 3.8) is 0 Å². The number of nitrogens with one attached hydrogen (secondary N) is 1. The lowest BCUT2D eigenvalue weighted by atomic mass is 10.1. The number of halogens is 1. The number of sulfone groups is 1. The number of hydrogen-bond donors (Lipinski definition) is 1. The van der Waals surface area contributed by atoms with Crippen molar-refractivity contribution in [3.05, 3.63) is 0 Å². The zero-order valence-corrected chi connectivity index (χ0v) is 19.2. The molecule has 142 valence electrons. The zero-order valence-electron chi connectivity index (χ0n) is 15.2. The maximum absolute atomic E-state index is 11.6. The predicted molar refractivity (Wildman–Crippen MR) is 115 cm³/mol. The molecular formula is C16H32IN3O2S2. The maximum Gasteiger partial charge on any atom is 0.194 e. The van der Waals surface area contributed by atoms with Gasteiger partial charge in [0.25, 0.3) is 0 Å². The van der Waals surface area contributed by atoms with Crippen molar-refractivity contribution < 1.29 is 8.42 Å². The van der Waals surface area contributed by atoms with Crippen LogP contribution in [-0.4, -0.2) is 67.5 Å². The van der Waals surface area contributed by atoms with Crippen LogP contribution >= 0.6 is 35.7 Å². The molecular weight excluding hydrogens is 457 g/mol. The third-order valence-corrected chi connectivity index (χ3v) is 7.34. The highest BCUT2D eigenvalue weighted by Gasteiger charge is 2.31. The van der Waals surface area contributed by atoms with Gasteiger partial charge in [-0.15, -0.1) is 24.0 Å². The van der Waals surface area contributed by atoms with Gasteiger partial charge in [-0.05, 0) is 32.1 Å². The van der Waals surface area contributed by atoms with Gasteiger partial charge in [0.2, 0.25) is 0 Å². The summed E-state index contributed by atoms with van der Waals surface area (Å²) in [4.78, 5) is 7.12. The lowest BCUT2D eigenvalue weighted by Crippen LogP contribution is -2.51. The fourth-order valence-corrected chi connectivity index (χ4v) is 5.98. The molecule has 0 bridgehead atoms. The second-order valence-corrected chi connectivity index (χ2v) is 11.8. The van der Waals surface area contributed by atoms with Crippen LogP contribution in [0.5, 0.6) is 0 Å². The zero-order chi connectivity index (χ0) is 17.1. The van der Waals surface area contributed by atoms with Gasteiger partial charge in [-0.1, -0.05) is 13.8 Å². The highest BCUT2D eigenvalue weighted by molar-refractivity contribution is 14.0. The lowest BCUT2D eigenvalue weighted by molar-refractivity contribution is 0.370. The second kappa shape index (κ2) is 9.30. The van der Waals surface area contributed by atoms with Crippen LogP contribution in [0.1, 0.15) is 34.1 Å². The van der Waals surface area contributed by atoms with Gasteiger partial charge in [-0.25, -0.2) is 8.42 Å². The first-order valence-corrected chi connectivity index (χ1v) is 11.4. The summed E-state index contributed by atoms with van der Waals surface area (Å²) in [5.41, 5.74) is 0. The molecule has 0 aliphatic carbocycles. The first-order chi connectivity index (χ1) is 10.7. The Morgan fingerprint density at radius 3 is 2.67 bits per heavy atom. The molecule has 5 nitrogen and oxygen atoms in total. The van der Waals surface area contributed by atoms with Gasteiger partial charge >= 0.3 is 0 Å². The van der Waals surface area contributed by atoms with E-state index in [1.54, 1.807) is 0 Å². The normalized spacial score (nSPS) is 26.3. The molecule has 2 rings (SSSR count). The van der Waals surface area contributed by atoms with E-state index in [1.807, 2.05) is 11.8 Å². The minimum atomic E-state index is -2.81. The van der Waals surface area contributed by atoms with E-state index in [-0.39, 0.29) is 34.6 Å². The average Bonchev–Trinajstić information content (AvgIpc) is 2.77. The minimum Gasteiger partial charge on any atom is -0.356 e. The fraction of sp³-hybridized carbons (Fsp3) is 0.938. The summed E-state index contributed by atoms with van der Waals surface area (Å²) < 4.78 is 23.5. The number of hydrogen-bond acceptors (Lipinski definition) is 4. The van der Waals surface area contributed by atoms with E-state index in [0.29, 0.717) is 24.0 Å². The summed E-state index contributed by atoms with van der Waals surface area (Å²) in [5, 5.41) is 3.46. The van der Waals surface area contributed by atoms with Crippen LogP contribution in [0.25, 0.3) is 0 Å². The Balaban J connectivity index is 0.00000288. The van der Waals surface area contributed by atoms with Crippen LogP contribution in [0.3, 0.4) is 0 Å². The summed E-state index contributed by atoms with van der Waals surface area (Å²) in [6.45, 7) is 12.4. The molecule has 0 spiro atoms. The van der Waals surface area contributed by atoms with E-state index < -0.39 is 9.84 Å². The lowest BCUT2D eigenvalue weighted by Gasteiger charge is -2.39. The van der Waals surface area contributed by atoms with Crippen LogP contribution in [0.15, 0.2) is 4.99 Å². The van der Waals surface area contributed by atoms with Crippen molar-refractivity contribution in [2.45, 2.75) is 38.9 Å². The van der Waals surface area contributed by atoms with Crippen molar-refractivity contribution in [2.24, 2.45) is 16.8 Å². The molecule has 0 amide bonds. The van der Waals surface area contributed by atoms with Gasteiger partial charge in [-0.3, -0.25) is 4.99 Å². The monoisotopic (exact) mass is 489 g/mol. The molecule has 0 aromatic carbocycles. The Morgan fingerprint density at radius 1 is 1.42 bits per heavy atom. The van der Waals surface area contributed by atoms with E-state index in [1.165, 1.54) is 0 Å². The van der Waals surface area contributed by atoms with Crippen LogP contribution in [0, 0.1) is 11.8 Å². The van der Waals surface area contributed by atoms with Crippen LogP contribution in [0.2, 0.25) is 0 Å². The summed E-state index contributed by atoms with van der Waals surface area (Å²) in [6, 6.07) is 0. The van der Waals surface area contributed by atoms with Gasteiger partial charge in [0, 0.05) is 36.7 Å². The van der Waals surface area contributed by atoms with Crippen molar-refractivity contribution in [1.82, 2.24) is 10.2 Å².